The minimum atomic E-state index is 0.0706. The number of rotatable bonds is 2. The van der Waals surface area contributed by atoms with Crippen molar-refractivity contribution in [1.29, 1.82) is 0 Å². The molecule has 1 saturated heterocycles. The Morgan fingerprint density at radius 3 is 3.15 bits per heavy atom. The van der Waals surface area contributed by atoms with Crippen LogP contribution in [-0.2, 0) is 11.3 Å². The van der Waals surface area contributed by atoms with E-state index in [1.54, 1.807) is 22.1 Å². The predicted octanol–water partition coefficient (Wildman–Crippen LogP) is -0.380. The quantitative estimate of drug-likeness (QED) is 0.675. The Bertz CT molecular complexity index is 276. The summed E-state index contributed by atoms with van der Waals surface area (Å²) in [6.45, 7) is 2.02. The maximum atomic E-state index is 11.5. The molecule has 1 aromatic rings. The molecule has 0 unspecified atom stereocenters. The lowest BCUT2D eigenvalue weighted by Crippen LogP contribution is -2.39. The Hall–Kier alpha value is -1.36. The van der Waals surface area contributed by atoms with E-state index in [2.05, 4.69) is 10.5 Å². The molecule has 13 heavy (non-hydrogen) atoms. The molecule has 0 aromatic carbocycles. The summed E-state index contributed by atoms with van der Waals surface area (Å²) in [6.07, 6.45) is 4.49. The minimum Gasteiger partial charge on any atom is -0.276 e. The van der Waals surface area contributed by atoms with E-state index in [1.165, 1.54) is 0 Å². The van der Waals surface area contributed by atoms with Crippen molar-refractivity contribution < 1.29 is 4.79 Å². The van der Waals surface area contributed by atoms with E-state index in [0.717, 1.165) is 19.5 Å². The van der Waals surface area contributed by atoms with Crippen LogP contribution in [0.3, 0.4) is 0 Å². The van der Waals surface area contributed by atoms with Gasteiger partial charge in [0.2, 0.25) is 0 Å². The van der Waals surface area contributed by atoms with Crippen LogP contribution in [0, 0.1) is 0 Å². The van der Waals surface area contributed by atoms with E-state index in [0.29, 0.717) is 6.54 Å². The molecule has 5 nitrogen and oxygen atoms in total. The average Bonchev–Trinajstić information content (AvgIpc) is 2.74. The molecule has 0 radical (unpaired) electrons. The topological polar surface area (TPSA) is 50.2 Å². The third-order valence-electron chi connectivity index (χ3n) is 2.02. The number of nitrogens with zero attached hydrogens (tertiary/aromatic N) is 3. The van der Waals surface area contributed by atoms with Gasteiger partial charge in [-0.2, -0.15) is 5.10 Å². The fraction of sp³-hybridized carbons (Fsp3) is 0.500. The lowest BCUT2D eigenvalue weighted by Gasteiger charge is -2.14. The first kappa shape index (κ1) is 8.25. The molecule has 2 heterocycles. The second-order valence-corrected chi connectivity index (χ2v) is 3.01. The number of aromatic nitrogens is 2. The zero-order chi connectivity index (χ0) is 9.10. The van der Waals surface area contributed by atoms with Crippen LogP contribution < -0.4 is 5.43 Å². The van der Waals surface area contributed by atoms with Crippen LogP contribution in [0.2, 0.25) is 0 Å². The molecular formula is C8H12N4O. The molecule has 0 saturated carbocycles. The number of hydrazine groups is 1. The maximum absolute atomic E-state index is 11.5. The Labute approximate surface area is 76.3 Å². The molecule has 2 rings (SSSR count). The van der Waals surface area contributed by atoms with Crippen molar-refractivity contribution in [2.24, 2.45) is 0 Å². The van der Waals surface area contributed by atoms with Crippen LogP contribution in [0.5, 0.6) is 0 Å². The Kier molecular flexibility index (Phi) is 2.27. The largest absolute Gasteiger partial charge is 0.276 e. The standard InChI is InChI=1S/C8H12N4O/c13-8(12-6-2-4-10-12)7-11-5-1-3-9-11/h1,3,5,10H,2,4,6-7H2. The van der Waals surface area contributed by atoms with Crippen molar-refractivity contribution in [3.05, 3.63) is 18.5 Å². The number of carbonyl (C=O) groups excluding carboxylic acids is 1. The fourth-order valence-electron chi connectivity index (χ4n) is 1.36. The molecule has 1 fully saturated rings. The van der Waals surface area contributed by atoms with Gasteiger partial charge in [-0.3, -0.25) is 14.5 Å². The van der Waals surface area contributed by atoms with Gasteiger partial charge in [-0.25, -0.2) is 5.43 Å². The molecular weight excluding hydrogens is 168 g/mol. The number of hydrogen-bond donors (Lipinski definition) is 1. The van der Waals surface area contributed by atoms with E-state index < -0.39 is 0 Å². The second-order valence-electron chi connectivity index (χ2n) is 3.01. The summed E-state index contributed by atoms with van der Waals surface area (Å²) >= 11 is 0. The fourth-order valence-corrected chi connectivity index (χ4v) is 1.36. The summed E-state index contributed by atoms with van der Waals surface area (Å²) in [5, 5.41) is 5.62. The van der Waals surface area contributed by atoms with Crippen LogP contribution >= 0.6 is 0 Å². The van der Waals surface area contributed by atoms with Gasteiger partial charge in [-0.05, 0) is 12.5 Å². The van der Waals surface area contributed by atoms with E-state index in [1.807, 2.05) is 6.07 Å². The Morgan fingerprint density at radius 2 is 2.54 bits per heavy atom. The average molecular weight is 180 g/mol. The van der Waals surface area contributed by atoms with Crippen molar-refractivity contribution in [2.45, 2.75) is 13.0 Å². The summed E-state index contributed by atoms with van der Waals surface area (Å²) in [5.41, 5.74) is 3.01. The van der Waals surface area contributed by atoms with Crippen molar-refractivity contribution in [3.63, 3.8) is 0 Å². The third kappa shape index (κ3) is 1.86. The highest BCUT2D eigenvalue weighted by Crippen LogP contribution is 1.98. The van der Waals surface area contributed by atoms with E-state index >= 15 is 0 Å². The number of amides is 1. The van der Waals surface area contributed by atoms with Crippen molar-refractivity contribution in [3.8, 4) is 0 Å². The molecule has 0 aliphatic carbocycles. The molecule has 0 bridgehead atoms. The molecule has 1 aliphatic rings. The minimum absolute atomic E-state index is 0.0706. The summed E-state index contributed by atoms with van der Waals surface area (Å²) in [7, 11) is 0. The smallest absolute Gasteiger partial charge is 0.258 e. The lowest BCUT2D eigenvalue weighted by molar-refractivity contribution is -0.133. The van der Waals surface area contributed by atoms with Crippen LogP contribution in [0.1, 0.15) is 6.42 Å². The summed E-state index contributed by atoms with van der Waals surface area (Å²) in [6, 6.07) is 1.81. The highest BCUT2D eigenvalue weighted by Gasteiger charge is 2.17. The summed E-state index contributed by atoms with van der Waals surface area (Å²) in [4.78, 5) is 11.5. The highest BCUT2D eigenvalue weighted by atomic mass is 16.2. The van der Waals surface area contributed by atoms with Gasteiger partial charge >= 0.3 is 0 Å². The molecule has 0 spiro atoms. The summed E-state index contributed by atoms with van der Waals surface area (Å²) in [5.74, 6) is 0.0706. The Balaban J connectivity index is 1.91. The van der Waals surface area contributed by atoms with Gasteiger partial charge in [-0.1, -0.05) is 0 Å². The van der Waals surface area contributed by atoms with Gasteiger partial charge in [0, 0.05) is 25.5 Å². The first-order valence-electron chi connectivity index (χ1n) is 4.37. The number of nitrogens with one attached hydrogen (secondary N) is 1. The van der Waals surface area contributed by atoms with Crippen molar-refractivity contribution >= 4 is 5.91 Å². The van der Waals surface area contributed by atoms with Crippen LogP contribution in [0.25, 0.3) is 0 Å². The third-order valence-corrected chi connectivity index (χ3v) is 2.02. The van der Waals surface area contributed by atoms with Gasteiger partial charge in [0.05, 0.1) is 0 Å². The van der Waals surface area contributed by atoms with E-state index in [-0.39, 0.29) is 5.91 Å². The number of hydrogen-bond acceptors (Lipinski definition) is 3. The molecule has 5 heteroatoms. The van der Waals surface area contributed by atoms with Gasteiger partial charge in [0.15, 0.2) is 0 Å². The number of carbonyl (C=O) groups is 1. The van der Waals surface area contributed by atoms with Crippen molar-refractivity contribution in [1.82, 2.24) is 20.2 Å². The lowest BCUT2D eigenvalue weighted by atomic mass is 10.4. The van der Waals surface area contributed by atoms with Gasteiger partial charge in [0.1, 0.15) is 6.54 Å². The van der Waals surface area contributed by atoms with Gasteiger partial charge in [-0.15, -0.1) is 0 Å². The van der Waals surface area contributed by atoms with E-state index in [9.17, 15) is 4.79 Å². The van der Waals surface area contributed by atoms with E-state index in [4.69, 9.17) is 0 Å². The molecule has 0 atom stereocenters. The molecule has 70 valence electrons. The zero-order valence-electron chi connectivity index (χ0n) is 7.31. The SMILES string of the molecule is O=C(Cn1cccn1)N1CCCN1. The van der Waals surface area contributed by atoms with Crippen LogP contribution in [-0.4, -0.2) is 33.8 Å². The first-order valence-corrected chi connectivity index (χ1v) is 4.37. The monoisotopic (exact) mass is 180 g/mol. The van der Waals surface area contributed by atoms with Crippen molar-refractivity contribution in [2.75, 3.05) is 13.1 Å². The molecule has 1 aliphatic heterocycles. The van der Waals surface area contributed by atoms with Crippen LogP contribution in [0.4, 0.5) is 0 Å². The Morgan fingerprint density at radius 1 is 1.62 bits per heavy atom. The summed E-state index contributed by atoms with van der Waals surface area (Å²) < 4.78 is 1.63. The zero-order valence-corrected chi connectivity index (χ0v) is 7.31. The normalized spacial score (nSPS) is 16.5. The maximum Gasteiger partial charge on any atom is 0.258 e. The molecule has 1 amide bonds. The predicted molar refractivity (Wildman–Crippen MR) is 46.6 cm³/mol. The molecule has 1 N–H and O–H groups in total. The van der Waals surface area contributed by atoms with Gasteiger partial charge < -0.3 is 0 Å². The second kappa shape index (κ2) is 3.57. The first-order chi connectivity index (χ1) is 6.36. The highest BCUT2D eigenvalue weighted by molar-refractivity contribution is 5.75. The van der Waals surface area contributed by atoms with Gasteiger partial charge in [0.25, 0.3) is 5.91 Å². The molecule has 1 aromatic heterocycles. The van der Waals surface area contributed by atoms with Crippen LogP contribution in [0.15, 0.2) is 18.5 Å².